The van der Waals surface area contributed by atoms with Gasteiger partial charge < -0.3 is 15.8 Å². The van der Waals surface area contributed by atoms with Gasteiger partial charge in [-0.1, -0.05) is 0 Å². The van der Waals surface area contributed by atoms with Crippen LogP contribution in [0, 0.1) is 5.92 Å². The second-order valence-electron chi connectivity index (χ2n) is 4.48. The SMILES string of the molecule is NC1C2CCCOC2C1Nc1ccncn1. The number of fused-ring (bicyclic) bond motifs is 1. The first kappa shape index (κ1) is 9.99. The second kappa shape index (κ2) is 3.99. The maximum atomic E-state index is 6.14. The Labute approximate surface area is 94.4 Å². The summed E-state index contributed by atoms with van der Waals surface area (Å²) in [7, 11) is 0. The molecule has 0 radical (unpaired) electrons. The van der Waals surface area contributed by atoms with Crippen molar-refractivity contribution in [2.24, 2.45) is 11.7 Å². The Morgan fingerprint density at radius 1 is 1.50 bits per heavy atom. The first-order chi connectivity index (χ1) is 7.86. The number of nitrogens with two attached hydrogens (primary N) is 1. The van der Waals surface area contributed by atoms with Crippen LogP contribution < -0.4 is 11.1 Å². The lowest BCUT2D eigenvalue weighted by Crippen LogP contribution is -2.69. The maximum Gasteiger partial charge on any atom is 0.129 e. The van der Waals surface area contributed by atoms with E-state index in [-0.39, 0.29) is 18.2 Å². The molecule has 4 unspecified atom stereocenters. The van der Waals surface area contributed by atoms with Crippen LogP contribution in [0.5, 0.6) is 0 Å². The molecule has 1 aliphatic carbocycles. The lowest BCUT2D eigenvalue weighted by molar-refractivity contribution is -0.104. The summed E-state index contributed by atoms with van der Waals surface area (Å²) in [6, 6.07) is 2.23. The first-order valence-electron chi connectivity index (χ1n) is 5.76. The van der Waals surface area contributed by atoms with Crippen molar-refractivity contribution in [3.63, 3.8) is 0 Å². The van der Waals surface area contributed by atoms with Gasteiger partial charge in [-0.3, -0.25) is 0 Å². The number of hydrogen-bond donors (Lipinski definition) is 2. The van der Waals surface area contributed by atoms with Crippen LogP contribution in [-0.2, 0) is 4.74 Å². The molecule has 1 saturated carbocycles. The lowest BCUT2D eigenvalue weighted by Gasteiger charge is -2.52. The summed E-state index contributed by atoms with van der Waals surface area (Å²) in [4.78, 5) is 8.02. The minimum Gasteiger partial charge on any atom is -0.376 e. The molecule has 3 N–H and O–H groups in total. The molecule has 5 nitrogen and oxygen atoms in total. The molecule has 1 saturated heterocycles. The number of ether oxygens (including phenoxy) is 1. The zero-order valence-corrected chi connectivity index (χ0v) is 9.04. The largest absolute Gasteiger partial charge is 0.376 e. The number of aromatic nitrogens is 2. The highest BCUT2D eigenvalue weighted by molar-refractivity contribution is 5.36. The van der Waals surface area contributed by atoms with Gasteiger partial charge in [0.15, 0.2) is 0 Å². The minimum atomic E-state index is 0.181. The van der Waals surface area contributed by atoms with Gasteiger partial charge in [-0.05, 0) is 18.9 Å². The molecule has 2 heterocycles. The van der Waals surface area contributed by atoms with Crippen molar-refractivity contribution in [1.29, 1.82) is 0 Å². The van der Waals surface area contributed by atoms with Crippen LogP contribution in [0.2, 0.25) is 0 Å². The summed E-state index contributed by atoms with van der Waals surface area (Å²) in [5.74, 6) is 1.34. The molecule has 0 bridgehead atoms. The number of nitrogens with zero attached hydrogens (tertiary/aromatic N) is 2. The van der Waals surface area contributed by atoms with Crippen molar-refractivity contribution in [3.05, 3.63) is 18.6 Å². The predicted octanol–water partition coefficient (Wildman–Crippen LogP) is 0.393. The number of nitrogens with one attached hydrogen (secondary N) is 1. The minimum absolute atomic E-state index is 0.181. The van der Waals surface area contributed by atoms with Crippen LogP contribution in [-0.4, -0.2) is 34.8 Å². The lowest BCUT2D eigenvalue weighted by atomic mass is 9.68. The molecule has 1 aromatic rings. The third kappa shape index (κ3) is 1.56. The Morgan fingerprint density at radius 2 is 2.44 bits per heavy atom. The van der Waals surface area contributed by atoms with Crippen molar-refractivity contribution in [3.8, 4) is 0 Å². The van der Waals surface area contributed by atoms with Crippen molar-refractivity contribution < 1.29 is 4.74 Å². The molecule has 2 fully saturated rings. The van der Waals surface area contributed by atoms with E-state index < -0.39 is 0 Å². The topological polar surface area (TPSA) is 73.1 Å². The molecule has 86 valence electrons. The zero-order valence-electron chi connectivity index (χ0n) is 9.04. The Bertz CT molecular complexity index is 358. The molecule has 3 rings (SSSR count). The Morgan fingerprint density at radius 3 is 3.25 bits per heavy atom. The predicted molar refractivity (Wildman–Crippen MR) is 59.9 cm³/mol. The molecule has 0 amide bonds. The van der Waals surface area contributed by atoms with E-state index in [1.54, 1.807) is 6.20 Å². The molecule has 1 aliphatic heterocycles. The highest BCUT2D eigenvalue weighted by Gasteiger charge is 2.50. The van der Waals surface area contributed by atoms with E-state index in [2.05, 4.69) is 15.3 Å². The monoisotopic (exact) mass is 220 g/mol. The number of rotatable bonds is 2. The van der Waals surface area contributed by atoms with E-state index in [1.165, 1.54) is 12.7 Å². The molecule has 4 atom stereocenters. The fourth-order valence-corrected chi connectivity index (χ4v) is 2.67. The standard InChI is InChI=1S/C11H16N4O/c12-9-7-2-1-5-16-11(7)10(9)15-8-3-4-13-6-14-8/h3-4,6-7,9-11H,1-2,5,12H2,(H,13,14,15). The van der Waals surface area contributed by atoms with Crippen LogP contribution >= 0.6 is 0 Å². The van der Waals surface area contributed by atoms with Gasteiger partial charge in [0, 0.05) is 24.8 Å². The zero-order chi connectivity index (χ0) is 11.0. The molecule has 0 aromatic carbocycles. The van der Waals surface area contributed by atoms with Gasteiger partial charge in [-0.2, -0.15) is 0 Å². The molecule has 16 heavy (non-hydrogen) atoms. The normalized spacial score (nSPS) is 37.3. The average Bonchev–Trinajstić information content (AvgIpc) is 2.37. The smallest absolute Gasteiger partial charge is 0.129 e. The van der Waals surface area contributed by atoms with Gasteiger partial charge in [-0.15, -0.1) is 0 Å². The van der Waals surface area contributed by atoms with Gasteiger partial charge >= 0.3 is 0 Å². The summed E-state index contributed by atoms with van der Waals surface area (Å²) in [5, 5.41) is 3.33. The first-order valence-corrected chi connectivity index (χ1v) is 5.76. The Hall–Kier alpha value is -1.20. The van der Waals surface area contributed by atoms with E-state index in [4.69, 9.17) is 10.5 Å². The molecule has 0 spiro atoms. The summed E-state index contributed by atoms with van der Waals surface area (Å²) >= 11 is 0. The van der Waals surface area contributed by atoms with Crippen LogP contribution in [0.4, 0.5) is 5.82 Å². The van der Waals surface area contributed by atoms with E-state index in [9.17, 15) is 0 Å². The van der Waals surface area contributed by atoms with Crippen LogP contribution in [0.3, 0.4) is 0 Å². The fourth-order valence-electron chi connectivity index (χ4n) is 2.67. The Kier molecular flexibility index (Phi) is 2.49. The van der Waals surface area contributed by atoms with Gasteiger partial charge in [0.05, 0.1) is 12.1 Å². The van der Waals surface area contributed by atoms with Crippen LogP contribution in [0.15, 0.2) is 18.6 Å². The van der Waals surface area contributed by atoms with E-state index in [1.807, 2.05) is 6.07 Å². The molecular formula is C11H16N4O. The van der Waals surface area contributed by atoms with Crippen molar-refractivity contribution >= 4 is 5.82 Å². The van der Waals surface area contributed by atoms with Gasteiger partial charge in [0.25, 0.3) is 0 Å². The Balaban J connectivity index is 1.68. The maximum absolute atomic E-state index is 6.14. The molecule has 1 aromatic heterocycles. The van der Waals surface area contributed by atoms with Gasteiger partial charge in [0.1, 0.15) is 12.1 Å². The highest BCUT2D eigenvalue weighted by atomic mass is 16.5. The van der Waals surface area contributed by atoms with Crippen LogP contribution in [0.25, 0.3) is 0 Å². The van der Waals surface area contributed by atoms with E-state index in [0.29, 0.717) is 5.92 Å². The van der Waals surface area contributed by atoms with E-state index in [0.717, 1.165) is 18.8 Å². The summed E-state index contributed by atoms with van der Waals surface area (Å²) in [6.07, 6.45) is 5.84. The van der Waals surface area contributed by atoms with Crippen molar-refractivity contribution in [1.82, 2.24) is 9.97 Å². The summed E-state index contributed by atoms with van der Waals surface area (Å²) in [6.45, 7) is 0.857. The molecule has 2 aliphatic rings. The average molecular weight is 220 g/mol. The highest BCUT2D eigenvalue weighted by Crippen LogP contribution is 2.38. The van der Waals surface area contributed by atoms with Gasteiger partial charge in [-0.25, -0.2) is 9.97 Å². The molecular weight excluding hydrogens is 204 g/mol. The fraction of sp³-hybridized carbons (Fsp3) is 0.636. The summed E-state index contributed by atoms with van der Waals surface area (Å²) in [5.41, 5.74) is 6.14. The molecule has 5 heteroatoms. The van der Waals surface area contributed by atoms with Crippen molar-refractivity contribution in [2.45, 2.75) is 31.0 Å². The number of hydrogen-bond acceptors (Lipinski definition) is 5. The number of anilines is 1. The third-order valence-electron chi connectivity index (χ3n) is 3.57. The third-order valence-corrected chi connectivity index (χ3v) is 3.57. The van der Waals surface area contributed by atoms with Gasteiger partial charge in [0.2, 0.25) is 0 Å². The quantitative estimate of drug-likeness (QED) is 0.754. The van der Waals surface area contributed by atoms with Crippen LogP contribution in [0.1, 0.15) is 12.8 Å². The second-order valence-corrected chi connectivity index (χ2v) is 4.48. The van der Waals surface area contributed by atoms with Crippen molar-refractivity contribution in [2.75, 3.05) is 11.9 Å². The van der Waals surface area contributed by atoms with E-state index >= 15 is 0 Å². The summed E-state index contributed by atoms with van der Waals surface area (Å²) < 4.78 is 5.75.